The number of hydrogen-bond donors (Lipinski definition) is 2. The molecule has 1 aliphatic heterocycles. The lowest BCUT2D eigenvalue weighted by molar-refractivity contribution is 0.0605. The second kappa shape index (κ2) is 5.45. The first kappa shape index (κ1) is 13.9. The Balaban J connectivity index is 2.46. The topological polar surface area (TPSA) is 52.7 Å². The minimum absolute atomic E-state index is 0.0562. The Bertz CT molecular complexity index is 220. The Hall–Kier alpha value is -0.160. The molecule has 0 amide bonds. The van der Waals surface area contributed by atoms with Crippen LogP contribution in [-0.2, 0) is 0 Å². The smallest absolute Gasteiger partial charge is 0.0609 e. The maximum absolute atomic E-state index is 9.18. The first-order valence-corrected chi connectivity index (χ1v) is 6.20. The van der Waals surface area contributed by atoms with Crippen molar-refractivity contribution in [2.24, 2.45) is 5.73 Å². The van der Waals surface area contributed by atoms with Crippen molar-refractivity contribution in [3.8, 4) is 0 Å². The number of piperazine rings is 1. The zero-order valence-electron chi connectivity index (χ0n) is 11.1. The lowest BCUT2D eigenvalue weighted by Gasteiger charge is -2.42. The van der Waals surface area contributed by atoms with Crippen LogP contribution in [0.1, 0.15) is 27.2 Å². The SMILES string of the molecule is CC1CN(C(C)CC(C)(N)CO)CCN1C. The molecule has 1 rings (SSSR count). The Morgan fingerprint density at radius 2 is 2.12 bits per heavy atom. The third-order valence-electron chi connectivity index (χ3n) is 3.74. The molecule has 1 aliphatic rings. The van der Waals surface area contributed by atoms with Gasteiger partial charge in [-0.1, -0.05) is 0 Å². The molecule has 0 aliphatic carbocycles. The third-order valence-corrected chi connectivity index (χ3v) is 3.74. The van der Waals surface area contributed by atoms with Crippen molar-refractivity contribution in [2.75, 3.05) is 33.3 Å². The van der Waals surface area contributed by atoms with Gasteiger partial charge in [-0.3, -0.25) is 4.90 Å². The van der Waals surface area contributed by atoms with Gasteiger partial charge in [0.25, 0.3) is 0 Å². The van der Waals surface area contributed by atoms with Crippen LogP contribution in [0.25, 0.3) is 0 Å². The average Bonchev–Trinajstić information content (AvgIpc) is 2.21. The molecule has 1 heterocycles. The van der Waals surface area contributed by atoms with Gasteiger partial charge in [-0.15, -0.1) is 0 Å². The van der Waals surface area contributed by atoms with E-state index in [9.17, 15) is 5.11 Å². The van der Waals surface area contributed by atoms with Gasteiger partial charge in [0.05, 0.1) is 6.61 Å². The van der Waals surface area contributed by atoms with Crippen LogP contribution >= 0.6 is 0 Å². The molecular formula is C12H27N3O. The van der Waals surface area contributed by atoms with Crippen LogP contribution in [0.3, 0.4) is 0 Å². The van der Waals surface area contributed by atoms with Crippen LogP contribution in [0, 0.1) is 0 Å². The number of nitrogens with two attached hydrogens (primary N) is 1. The minimum atomic E-state index is -0.452. The summed E-state index contributed by atoms with van der Waals surface area (Å²) in [6.45, 7) is 9.75. The zero-order chi connectivity index (χ0) is 12.3. The van der Waals surface area contributed by atoms with Crippen molar-refractivity contribution < 1.29 is 5.11 Å². The highest BCUT2D eigenvalue weighted by molar-refractivity contribution is 4.87. The zero-order valence-corrected chi connectivity index (χ0v) is 11.1. The molecule has 3 unspecified atom stereocenters. The van der Waals surface area contributed by atoms with Gasteiger partial charge in [0, 0.05) is 37.3 Å². The molecule has 3 atom stereocenters. The van der Waals surface area contributed by atoms with Gasteiger partial charge in [-0.25, -0.2) is 0 Å². The van der Waals surface area contributed by atoms with Crippen LogP contribution in [0.2, 0.25) is 0 Å². The van der Waals surface area contributed by atoms with Crippen LogP contribution < -0.4 is 5.73 Å². The first-order chi connectivity index (χ1) is 7.35. The van der Waals surface area contributed by atoms with E-state index in [1.54, 1.807) is 0 Å². The molecule has 3 N–H and O–H groups in total. The Morgan fingerprint density at radius 1 is 1.50 bits per heavy atom. The fraction of sp³-hybridized carbons (Fsp3) is 1.00. The molecule has 0 saturated carbocycles. The summed E-state index contributed by atoms with van der Waals surface area (Å²) in [5.74, 6) is 0. The summed E-state index contributed by atoms with van der Waals surface area (Å²) in [5.41, 5.74) is 5.55. The maximum atomic E-state index is 9.18. The van der Waals surface area contributed by atoms with E-state index in [1.807, 2.05) is 6.92 Å². The number of rotatable bonds is 4. The Morgan fingerprint density at radius 3 is 2.62 bits per heavy atom. The predicted molar refractivity (Wildman–Crippen MR) is 67.4 cm³/mol. The van der Waals surface area contributed by atoms with Crippen LogP contribution in [-0.4, -0.2) is 65.8 Å². The lowest BCUT2D eigenvalue weighted by atomic mass is 9.94. The van der Waals surface area contributed by atoms with Crippen molar-refractivity contribution >= 4 is 0 Å². The van der Waals surface area contributed by atoms with E-state index in [2.05, 4.69) is 30.7 Å². The molecule has 0 aromatic heterocycles. The van der Waals surface area contributed by atoms with Gasteiger partial charge < -0.3 is 15.7 Å². The van der Waals surface area contributed by atoms with Crippen molar-refractivity contribution in [3.05, 3.63) is 0 Å². The number of nitrogens with zero attached hydrogens (tertiary/aromatic N) is 2. The second-order valence-electron chi connectivity index (χ2n) is 5.69. The number of hydrogen-bond acceptors (Lipinski definition) is 4. The van der Waals surface area contributed by atoms with E-state index in [0.717, 1.165) is 26.1 Å². The summed E-state index contributed by atoms with van der Waals surface area (Å²) in [6, 6.07) is 1.05. The molecule has 4 nitrogen and oxygen atoms in total. The molecule has 4 heteroatoms. The fourth-order valence-corrected chi connectivity index (χ4v) is 2.35. The summed E-state index contributed by atoms with van der Waals surface area (Å²) < 4.78 is 0. The van der Waals surface area contributed by atoms with Crippen molar-refractivity contribution in [1.82, 2.24) is 9.80 Å². The van der Waals surface area contributed by atoms with E-state index >= 15 is 0 Å². The standard InChI is InChI=1S/C12H27N3O/c1-10(7-12(3,13)9-16)15-6-5-14(4)11(2)8-15/h10-11,16H,5-9,13H2,1-4H3. The molecule has 16 heavy (non-hydrogen) atoms. The number of likely N-dealkylation sites (N-methyl/N-ethyl adjacent to an activating group) is 1. The van der Waals surface area contributed by atoms with Gasteiger partial charge in [0.15, 0.2) is 0 Å². The van der Waals surface area contributed by atoms with Gasteiger partial charge in [0.1, 0.15) is 0 Å². The normalized spacial score (nSPS) is 30.0. The van der Waals surface area contributed by atoms with Crippen LogP contribution in [0.4, 0.5) is 0 Å². The Kier molecular flexibility index (Phi) is 4.73. The van der Waals surface area contributed by atoms with Crippen LogP contribution in [0.15, 0.2) is 0 Å². The van der Waals surface area contributed by atoms with Gasteiger partial charge in [-0.05, 0) is 34.2 Å². The molecule has 0 aromatic carbocycles. The first-order valence-electron chi connectivity index (χ1n) is 6.20. The second-order valence-corrected chi connectivity index (χ2v) is 5.69. The summed E-state index contributed by atoms with van der Waals surface area (Å²) in [4.78, 5) is 4.86. The Labute approximate surface area is 99.4 Å². The van der Waals surface area contributed by atoms with E-state index in [4.69, 9.17) is 5.73 Å². The van der Waals surface area contributed by atoms with Gasteiger partial charge in [-0.2, -0.15) is 0 Å². The van der Waals surface area contributed by atoms with E-state index in [-0.39, 0.29) is 6.61 Å². The molecule has 96 valence electrons. The number of aliphatic hydroxyl groups excluding tert-OH is 1. The molecule has 0 spiro atoms. The molecule has 0 radical (unpaired) electrons. The maximum Gasteiger partial charge on any atom is 0.0609 e. The molecule has 1 fully saturated rings. The highest BCUT2D eigenvalue weighted by atomic mass is 16.3. The van der Waals surface area contributed by atoms with Crippen molar-refractivity contribution in [3.63, 3.8) is 0 Å². The monoisotopic (exact) mass is 229 g/mol. The highest BCUT2D eigenvalue weighted by Gasteiger charge is 2.28. The quantitative estimate of drug-likeness (QED) is 0.718. The lowest BCUT2D eigenvalue weighted by Crippen LogP contribution is -2.55. The summed E-state index contributed by atoms with van der Waals surface area (Å²) in [6.07, 6.45) is 0.847. The third kappa shape index (κ3) is 3.70. The van der Waals surface area contributed by atoms with Crippen LogP contribution in [0.5, 0.6) is 0 Å². The molecular weight excluding hydrogens is 202 g/mol. The molecule has 1 saturated heterocycles. The molecule has 0 aromatic rings. The number of aliphatic hydroxyl groups is 1. The molecule has 0 bridgehead atoms. The van der Waals surface area contributed by atoms with Gasteiger partial charge in [0.2, 0.25) is 0 Å². The summed E-state index contributed by atoms with van der Waals surface area (Å²) in [5, 5.41) is 9.18. The van der Waals surface area contributed by atoms with E-state index < -0.39 is 5.54 Å². The summed E-state index contributed by atoms with van der Waals surface area (Å²) in [7, 11) is 2.17. The largest absolute Gasteiger partial charge is 0.394 e. The fourth-order valence-electron chi connectivity index (χ4n) is 2.35. The van der Waals surface area contributed by atoms with Gasteiger partial charge >= 0.3 is 0 Å². The highest BCUT2D eigenvalue weighted by Crippen LogP contribution is 2.17. The summed E-state index contributed by atoms with van der Waals surface area (Å²) >= 11 is 0. The van der Waals surface area contributed by atoms with E-state index in [0.29, 0.717) is 12.1 Å². The average molecular weight is 229 g/mol. The minimum Gasteiger partial charge on any atom is -0.394 e. The van der Waals surface area contributed by atoms with Crippen molar-refractivity contribution in [1.29, 1.82) is 0 Å². The van der Waals surface area contributed by atoms with E-state index in [1.165, 1.54) is 0 Å². The predicted octanol–water partition coefficient (Wildman–Crippen LogP) is 0.111. The van der Waals surface area contributed by atoms with Crippen molar-refractivity contribution in [2.45, 2.75) is 44.8 Å².